The molecule has 0 fully saturated rings. The number of nitrogens with one attached hydrogen (secondary N) is 1. The second kappa shape index (κ2) is 6.06. The maximum atomic E-state index is 11.4. The summed E-state index contributed by atoms with van der Waals surface area (Å²) < 4.78 is 5.47. The first-order chi connectivity index (χ1) is 6.13. The van der Waals surface area contributed by atoms with Crippen LogP contribution in [0.15, 0.2) is 21.4 Å². The molecule has 4 nitrogen and oxygen atoms in total. The molecule has 1 amide bonds. The highest BCUT2D eigenvalue weighted by Crippen LogP contribution is 2.13. The number of rotatable bonds is 3. The van der Waals surface area contributed by atoms with Crippen molar-refractivity contribution in [2.24, 2.45) is 5.73 Å². The van der Waals surface area contributed by atoms with Gasteiger partial charge >= 0.3 is 0 Å². The average Bonchev–Trinajstić information content (AvgIpc) is 2.51. The van der Waals surface area contributed by atoms with Crippen molar-refractivity contribution in [3.05, 3.63) is 22.6 Å². The molecule has 6 heteroatoms. The fourth-order valence-corrected chi connectivity index (χ4v) is 1.14. The first kappa shape index (κ1) is 13.5. The van der Waals surface area contributed by atoms with E-state index in [1.807, 2.05) is 6.92 Å². The molecule has 0 radical (unpaired) electrons. The number of halogens is 2. The highest BCUT2D eigenvalue weighted by Gasteiger charge is 2.10. The van der Waals surface area contributed by atoms with Crippen LogP contribution in [0.3, 0.4) is 0 Å². The van der Waals surface area contributed by atoms with Crippen LogP contribution >= 0.6 is 28.3 Å². The van der Waals surface area contributed by atoms with Gasteiger partial charge in [-0.3, -0.25) is 4.79 Å². The van der Waals surface area contributed by atoms with Crippen LogP contribution in [0.5, 0.6) is 0 Å². The van der Waals surface area contributed by atoms with E-state index in [4.69, 9.17) is 10.2 Å². The van der Waals surface area contributed by atoms with Gasteiger partial charge in [0.15, 0.2) is 4.67 Å². The van der Waals surface area contributed by atoms with Gasteiger partial charge in [-0.1, -0.05) is 0 Å². The van der Waals surface area contributed by atoms with Crippen LogP contribution in [0.1, 0.15) is 17.3 Å². The summed E-state index contributed by atoms with van der Waals surface area (Å²) in [5.41, 5.74) is 5.85. The third-order valence-corrected chi connectivity index (χ3v) is 1.98. The molecular formula is C8H12BrClN2O2. The zero-order valence-electron chi connectivity index (χ0n) is 7.62. The second-order valence-corrected chi connectivity index (χ2v) is 3.53. The van der Waals surface area contributed by atoms with Crippen molar-refractivity contribution < 1.29 is 9.21 Å². The average molecular weight is 284 g/mol. The zero-order valence-corrected chi connectivity index (χ0v) is 10.0. The van der Waals surface area contributed by atoms with Gasteiger partial charge in [-0.2, -0.15) is 0 Å². The Labute approximate surface area is 96.8 Å². The van der Waals surface area contributed by atoms with E-state index in [0.717, 1.165) is 0 Å². The third kappa shape index (κ3) is 3.69. The van der Waals surface area contributed by atoms with E-state index >= 15 is 0 Å². The number of hydrogen-bond acceptors (Lipinski definition) is 3. The highest BCUT2D eigenvalue weighted by atomic mass is 79.9. The largest absolute Gasteiger partial charge is 0.457 e. The van der Waals surface area contributed by atoms with Crippen molar-refractivity contribution in [2.75, 3.05) is 6.54 Å². The van der Waals surface area contributed by atoms with Crippen molar-refractivity contribution in [1.29, 1.82) is 0 Å². The molecule has 1 rings (SSSR count). The fourth-order valence-electron chi connectivity index (χ4n) is 0.795. The summed E-state index contributed by atoms with van der Waals surface area (Å²) in [6, 6.07) is 1.58. The van der Waals surface area contributed by atoms with E-state index in [2.05, 4.69) is 21.2 Å². The first-order valence-electron chi connectivity index (χ1n) is 3.88. The smallest absolute Gasteiger partial charge is 0.254 e. The maximum Gasteiger partial charge on any atom is 0.254 e. The van der Waals surface area contributed by atoms with Gasteiger partial charge in [0.25, 0.3) is 5.91 Å². The van der Waals surface area contributed by atoms with Gasteiger partial charge in [-0.25, -0.2) is 0 Å². The standard InChI is InChI=1S/C8H11BrN2O2.ClH/c1-5(3-10)11-8(12)6-2-7(9)13-4-6;/h2,4-5H,3,10H2,1H3,(H,11,12);1H/t5-;/m1./s1. The van der Waals surface area contributed by atoms with E-state index in [-0.39, 0.29) is 24.4 Å². The van der Waals surface area contributed by atoms with Gasteiger partial charge in [0.05, 0.1) is 5.56 Å². The molecule has 1 aromatic heterocycles. The minimum absolute atomic E-state index is 0. The summed E-state index contributed by atoms with van der Waals surface area (Å²) in [7, 11) is 0. The molecule has 14 heavy (non-hydrogen) atoms. The summed E-state index contributed by atoms with van der Waals surface area (Å²) in [5.74, 6) is -0.174. The number of amides is 1. The van der Waals surface area contributed by atoms with E-state index in [0.29, 0.717) is 16.8 Å². The number of nitrogens with two attached hydrogens (primary N) is 1. The van der Waals surface area contributed by atoms with E-state index < -0.39 is 0 Å². The molecule has 0 aliphatic carbocycles. The fraction of sp³-hybridized carbons (Fsp3) is 0.375. The monoisotopic (exact) mass is 282 g/mol. The summed E-state index contributed by atoms with van der Waals surface area (Å²) >= 11 is 3.11. The summed E-state index contributed by atoms with van der Waals surface area (Å²) in [5, 5.41) is 2.71. The highest BCUT2D eigenvalue weighted by molar-refractivity contribution is 9.10. The number of furan rings is 1. The Kier molecular flexibility index (Phi) is 5.83. The van der Waals surface area contributed by atoms with Gasteiger partial charge < -0.3 is 15.5 Å². The molecule has 0 saturated heterocycles. The molecule has 0 aliphatic rings. The van der Waals surface area contributed by atoms with Crippen LogP contribution in [-0.4, -0.2) is 18.5 Å². The van der Waals surface area contributed by atoms with E-state index in [1.54, 1.807) is 6.07 Å². The lowest BCUT2D eigenvalue weighted by Crippen LogP contribution is -2.37. The Bertz CT molecular complexity index is 303. The first-order valence-corrected chi connectivity index (χ1v) is 4.67. The molecule has 1 heterocycles. The molecule has 0 saturated carbocycles. The zero-order chi connectivity index (χ0) is 9.84. The van der Waals surface area contributed by atoms with Crippen LogP contribution < -0.4 is 11.1 Å². The van der Waals surface area contributed by atoms with Crippen molar-refractivity contribution >= 4 is 34.2 Å². The van der Waals surface area contributed by atoms with Gasteiger partial charge in [-0.15, -0.1) is 12.4 Å². The topological polar surface area (TPSA) is 68.3 Å². The predicted molar refractivity (Wildman–Crippen MR) is 59.6 cm³/mol. The Morgan fingerprint density at radius 2 is 2.43 bits per heavy atom. The SMILES string of the molecule is C[C@H](CN)NC(=O)c1coc(Br)c1.Cl. The Hall–Kier alpha value is -0.520. The number of hydrogen-bond donors (Lipinski definition) is 2. The van der Waals surface area contributed by atoms with Gasteiger partial charge in [0, 0.05) is 18.7 Å². The molecule has 0 bridgehead atoms. The Morgan fingerprint density at radius 3 is 2.86 bits per heavy atom. The van der Waals surface area contributed by atoms with Crippen LogP contribution in [0.4, 0.5) is 0 Å². The molecule has 0 spiro atoms. The van der Waals surface area contributed by atoms with E-state index in [9.17, 15) is 4.79 Å². The number of carbonyl (C=O) groups is 1. The van der Waals surface area contributed by atoms with E-state index in [1.165, 1.54) is 6.26 Å². The van der Waals surface area contributed by atoms with Crippen LogP contribution in [0.2, 0.25) is 0 Å². The molecule has 0 aromatic carbocycles. The maximum absolute atomic E-state index is 11.4. The summed E-state index contributed by atoms with van der Waals surface area (Å²) in [4.78, 5) is 11.4. The molecule has 1 aromatic rings. The minimum atomic E-state index is -0.174. The lowest BCUT2D eigenvalue weighted by atomic mass is 10.3. The molecular weight excluding hydrogens is 271 g/mol. The van der Waals surface area contributed by atoms with Gasteiger partial charge in [-0.05, 0) is 22.9 Å². The molecule has 0 unspecified atom stereocenters. The van der Waals surface area contributed by atoms with Gasteiger partial charge in [0.1, 0.15) is 6.26 Å². The lowest BCUT2D eigenvalue weighted by molar-refractivity contribution is 0.0940. The summed E-state index contributed by atoms with van der Waals surface area (Å²) in [6.45, 7) is 2.26. The van der Waals surface area contributed by atoms with Crippen molar-refractivity contribution in [3.8, 4) is 0 Å². The molecule has 3 N–H and O–H groups in total. The minimum Gasteiger partial charge on any atom is -0.457 e. The van der Waals surface area contributed by atoms with Gasteiger partial charge in [0.2, 0.25) is 0 Å². The molecule has 80 valence electrons. The molecule has 0 aliphatic heterocycles. The third-order valence-electron chi connectivity index (χ3n) is 1.56. The van der Waals surface area contributed by atoms with Crippen LogP contribution in [0.25, 0.3) is 0 Å². The normalized spacial score (nSPS) is 11.6. The Balaban J connectivity index is 0.00000169. The van der Waals surface area contributed by atoms with Crippen LogP contribution in [-0.2, 0) is 0 Å². The second-order valence-electron chi connectivity index (χ2n) is 2.75. The van der Waals surface area contributed by atoms with Crippen molar-refractivity contribution in [1.82, 2.24) is 5.32 Å². The quantitative estimate of drug-likeness (QED) is 0.884. The van der Waals surface area contributed by atoms with Crippen molar-refractivity contribution in [3.63, 3.8) is 0 Å². The molecule has 1 atom stereocenters. The summed E-state index contributed by atoms with van der Waals surface area (Å²) in [6.07, 6.45) is 1.39. The van der Waals surface area contributed by atoms with Crippen LogP contribution in [0, 0.1) is 0 Å². The Morgan fingerprint density at radius 1 is 1.79 bits per heavy atom. The van der Waals surface area contributed by atoms with Crippen molar-refractivity contribution in [2.45, 2.75) is 13.0 Å². The number of carbonyl (C=O) groups excluding carboxylic acids is 1. The lowest BCUT2D eigenvalue weighted by Gasteiger charge is -2.09. The predicted octanol–water partition coefficient (Wildman–Crippen LogP) is 1.54.